The van der Waals surface area contributed by atoms with Crippen molar-refractivity contribution in [2.75, 3.05) is 13.7 Å². The summed E-state index contributed by atoms with van der Waals surface area (Å²) in [5.41, 5.74) is 1.68. The number of benzene rings is 1. The van der Waals surface area contributed by atoms with Gasteiger partial charge in [0.25, 0.3) is 0 Å². The third kappa shape index (κ3) is 4.41. The lowest BCUT2D eigenvalue weighted by Crippen LogP contribution is -2.04. The molecule has 0 bridgehead atoms. The van der Waals surface area contributed by atoms with E-state index in [1.54, 1.807) is 13.0 Å². The van der Waals surface area contributed by atoms with Gasteiger partial charge in [0.2, 0.25) is 0 Å². The molecule has 0 saturated carbocycles. The number of hydrogen-bond donors (Lipinski definition) is 0. The number of carbonyl (C=O) groups excluding carboxylic acids is 1. The van der Waals surface area contributed by atoms with Crippen molar-refractivity contribution in [2.24, 2.45) is 0 Å². The lowest BCUT2D eigenvalue weighted by molar-refractivity contribution is -0.136. The summed E-state index contributed by atoms with van der Waals surface area (Å²) in [6, 6.07) is 9.95. The van der Waals surface area contributed by atoms with Gasteiger partial charge in [-0.05, 0) is 25.5 Å². The molecule has 0 fully saturated rings. The van der Waals surface area contributed by atoms with Crippen molar-refractivity contribution in [1.82, 2.24) is 0 Å². The minimum Gasteiger partial charge on any atom is -0.466 e. The first-order valence-electron chi connectivity index (χ1n) is 5.56. The second-order valence-corrected chi connectivity index (χ2v) is 3.76. The second-order valence-electron chi connectivity index (χ2n) is 3.76. The molecule has 3 heteroatoms. The summed E-state index contributed by atoms with van der Waals surface area (Å²) in [7, 11) is 1.37. The fourth-order valence-corrected chi connectivity index (χ4v) is 1.38. The van der Waals surface area contributed by atoms with Gasteiger partial charge in [-0.2, -0.15) is 0 Å². The summed E-state index contributed by atoms with van der Waals surface area (Å²) in [4.78, 5) is 11.1. The van der Waals surface area contributed by atoms with Crippen LogP contribution in [0.25, 0.3) is 0 Å². The molecule has 0 aliphatic rings. The van der Waals surface area contributed by atoms with E-state index in [0.717, 1.165) is 5.56 Å². The third-order valence-corrected chi connectivity index (χ3v) is 2.51. The Bertz CT molecular complexity index is 382. The first kappa shape index (κ1) is 13.5. The second kappa shape index (κ2) is 6.86. The molecule has 17 heavy (non-hydrogen) atoms. The summed E-state index contributed by atoms with van der Waals surface area (Å²) in [6.07, 6.45) is 1.74. The van der Waals surface area contributed by atoms with Gasteiger partial charge in [-0.1, -0.05) is 30.3 Å². The molecule has 0 amide bonds. The number of rotatable bonds is 5. The van der Waals surface area contributed by atoms with E-state index in [-0.39, 0.29) is 12.1 Å². The van der Waals surface area contributed by atoms with Gasteiger partial charge in [0.05, 0.1) is 19.8 Å². The van der Waals surface area contributed by atoms with Gasteiger partial charge in [-0.15, -0.1) is 0 Å². The maximum Gasteiger partial charge on any atom is 0.333 e. The van der Waals surface area contributed by atoms with E-state index in [1.165, 1.54) is 7.11 Å². The van der Waals surface area contributed by atoms with Crippen LogP contribution < -0.4 is 0 Å². The van der Waals surface area contributed by atoms with E-state index >= 15 is 0 Å². The molecule has 1 rings (SSSR count). The smallest absolute Gasteiger partial charge is 0.333 e. The van der Waals surface area contributed by atoms with Gasteiger partial charge in [-0.25, -0.2) is 4.79 Å². The van der Waals surface area contributed by atoms with Crippen LogP contribution in [0.1, 0.15) is 25.5 Å². The Morgan fingerprint density at radius 2 is 2.00 bits per heavy atom. The fraction of sp³-hybridized carbons (Fsp3) is 0.357. The van der Waals surface area contributed by atoms with E-state index in [9.17, 15) is 4.79 Å². The van der Waals surface area contributed by atoms with Gasteiger partial charge in [0.1, 0.15) is 0 Å². The minimum atomic E-state index is -0.319. The standard InChI is InChI=1S/C14H18O3/c1-11(14(15)16-3)9-10-17-12(2)13-7-5-4-6-8-13/h4-9,12H,10H2,1-3H3. The van der Waals surface area contributed by atoms with Crippen LogP contribution in [0.15, 0.2) is 42.0 Å². The fourth-order valence-electron chi connectivity index (χ4n) is 1.38. The van der Waals surface area contributed by atoms with E-state index < -0.39 is 0 Å². The van der Waals surface area contributed by atoms with Crippen LogP contribution in [0.5, 0.6) is 0 Å². The van der Waals surface area contributed by atoms with Gasteiger partial charge in [-0.3, -0.25) is 0 Å². The molecular weight excluding hydrogens is 216 g/mol. The maximum absolute atomic E-state index is 11.1. The summed E-state index contributed by atoms with van der Waals surface area (Å²) in [6.45, 7) is 4.09. The van der Waals surface area contributed by atoms with E-state index in [2.05, 4.69) is 4.74 Å². The Kier molecular flexibility index (Phi) is 5.43. The molecule has 1 unspecified atom stereocenters. The normalized spacial score (nSPS) is 13.2. The predicted molar refractivity (Wildman–Crippen MR) is 66.6 cm³/mol. The zero-order valence-corrected chi connectivity index (χ0v) is 10.5. The van der Waals surface area contributed by atoms with Gasteiger partial charge < -0.3 is 9.47 Å². The average Bonchev–Trinajstić information content (AvgIpc) is 2.38. The summed E-state index contributed by atoms with van der Waals surface area (Å²) >= 11 is 0. The molecule has 1 aromatic carbocycles. The lowest BCUT2D eigenvalue weighted by Gasteiger charge is -2.11. The van der Waals surface area contributed by atoms with Gasteiger partial charge in [0, 0.05) is 5.57 Å². The quantitative estimate of drug-likeness (QED) is 0.580. The van der Waals surface area contributed by atoms with Crippen molar-refractivity contribution in [3.8, 4) is 0 Å². The SMILES string of the molecule is COC(=O)C(C)=CCOC(C)c1ccccc1. The number of hydrogen-bond acceptors (Lipinski definition) is 3. The first-order valence-corrected chi connectivity index (χ1v) is 5.56. The van der Waals surface area contributed by atoms with E-state index in [0.29, 0.717) is 12.2 Å². The van der Waals surface area contributed by atoms with Crippen LogP contribution in [0.2, 0.25) is 0 Å². The Morgan fingerprint density at radius 3 is 2.59 bits per heavy atom. The molecule has 1 aromatic rings. The van der Waals surface area contributed by atoms with Crippen LogP contribution in [0.4, 0.5) is 0 Å². The molecule has 1 atom stereocenters. The van der Waals surface area contributed by atoms with Crippen molar-refractivity contribution in [1.29, 1.82) is 0 Å². The van der Waals surface area contributed by atoms with Crippen molar-refractivity contribution in [3.63, 3.8) is 0 Å². The Balaban J connectivity index is 2.44. The molecule has 0 radical (unpaired) electrons. The van der Waals surface area contributed by atoms with Crippen LogP contribution in [0.3, 0.4) is 0 Å². The first-order chi connectivity index (χ1) is 8.15. The Labute approximate surface area is 102 Å². The summed E-state index contributed by atoms with van der Waals surface area (Å²) in [5, 5.41) is 0. The molecule has 0 spiro atoms. The predicted octanol–water partition coefficient (Wildman–Crippen LogP) is 2.88. The monoisotopic (exact) mass is 234 g/mol. The molecule has 0 aliphatic carbocycles. The third-order valence-electron chi connectivity index (χ3n) is 2.51. The van der Waals surface area contributed by atoms with Crippen LogP contribution >= 0.6 is 0 Å². The number of carbonyl (C=O) groups is 1. The van der Waals surface area contributed by atoms with Crippen molar-refractivity contribution in [3.05, 3.63) is 47.5 Å². The largest absolute Gasteiger partial charge is 0.466 e. The molecule has 92 valence electrons. The molecule has 3 nitrogen and oxygen atoms in total. The van der Waals surface area contributed by atoms with Crippen LogP contribution in [-0.2, 0) is 14.3 Å². The highest BCUT2D eigenvalue weighted by atomic mass is 16.5. The molecule has 0 aliphatic heterocycles. The van der Waals surface area contributed by atoms with E-state index in [4.69, 9.17) is 4.74 Å². The minimum absolute atomic E-state index is 0.0119. The zero-order chi connectivity index (χ0) is 12.7. The highest BCUT2D eigenvalue weighted by Crippen LogP contribution is 2.15. The Hall–Kier alpha value is -1.61. The summed E-state index contributed by atoms with van der Waals surface area (Å²) in [5.74, 6) is -0.319. The van der Waals surface area contributed by atoms with Crippen molar-refractivity contribution < 1.29 is 14.3 Å². The number of ether oxygens (including phenoxy) is 2. The lowest BCUT2D eigenvalue weighted by atomic mass is 10.1. The van der Waals surface area contributed by atoms with Crippen LogP contribution in [-0.4, -0.2) is 19.7 Å². The topological polar surface area (TPSA) is 35.5 Å². The molecule has 0 saturated heterocycles. The van der Waals surface area contributed by atoms with Crippen molar-refractivity contribution in [2.45, 2.75) is 20.0 Å². The number of esters is 1. The highest BCUT2D eigenvalue weighted by molar-refractivity contribution is 5.87. The van der Waals surface area contributed by atoms with E-state index in [1.807, 2.05) is 37.3 Å². The maximum atomic E-state index is 11.1. The van der Waals surface area contributed by atoms with Crippen LogP contribution in [0, 0.1) is 0 Å². The van der Waals surface area contributed by atoms with Crippen molar-refractivity contribution >= 4 is 5.97 Å². The summed E-state index contributed by atoms with van der Waals surface area (Å²) < 4.78 is 10.2. The number of methoxy groups -OCH3 is 1. The zero-order valence-electron chi connectivity index (χ0n) is 10.5. The molecule has 0 aromatic heterocycles. The Morgan fingerprint density at radius 1 is 1.35 bits per heavy atom. The van der Waals surface area contributed by atoms with Gasteiger partial charge in [0.15, 0.2) is 0 Å². The molecule has 0 N–H and O–H groups in total. The average molecular weight is 234 g/mol. The molecule has 0 heterocycles. The molecular formula is C14H18O3. The van der Waals surface area contributed by atoms with Gasteiger partial charge >= 0.3 is 5.97 Å². The highest BCUT2D eigenvalue weighted by Gasteiger charge is 2.05.